The number of rotatable bonds is 7. The van der Waals surface area contributed by atoms with Crippen LogP contribution in [0.5, 0.6) is 11.5 Å². The number of aliphatic imine (C=N–C) groups is 1. The monoisotopic (exact) mass is 396 g/mol. The predicted molar refractivity (Wildman–Crippen MR) is 115 cm³/mol. The Labute approximate surface area is 171 Å². The molecule has 1 unspecified atom stereocenters. The van der Waals surface area contributed by atoms with Crippen molar-refractivity contribution in [2.45, 2.75) is 25.8 Å². The number of hydrogen-bond acceptors (Lipinski definition) is 4. The summed E-state index contributed by atoms with van der Waals surface area (Å²) in [6.07, 6.45) is 0.455. The van der Waals surface area contributed by atoms with Crippen LogP contribution in [0.2, 0.25) is 0 Å². The lowest BCUT2D eigenvalue weighted by atomic mass is 9.90. The van der Waals surface area contributed by atoms with E-state index in [-0.39, 0.29) is 11.8 Å². The van der Waals surface area contributed by atoms with Gasteiger partial charge in [-0.25, -0.2) is 0 Å². The summed E-state index contributed by atoms with van der Waals surface area (Å²) in [4.78, 5) is 16.3. The molecule has 0 bridgehead atoms. The molecule has 1 atom stereocenters. The molecular formula is C22H28N4O3. The van der Waals surface area contributed by atoms with Gasteiger partial charge in [0.1, 0.15) is 0 Å². The molecule has 0 aliphatic carbocycles. The first-order chi connectivity index (χ1) is 14.1. The maximum absolute atomic E-state index is 12.0. The molecule has 2 aromatic carbocycles. The van der Waals surface area contributed by atoms with Crippen LogP contribution in [-0.4, -0.2) is 39.2 Å². The van der Waals surface area contributed by atoms with E-state index in [1.54, 1.807) is 14.2 Å². The molecule has 154 valence electrons. The van der Waals surface area contributed by atoms with Gasteiger partial charge in [-0.2, -0.15) is 0 Å². The Hall–Kier alpha value is -3.22. The molecule has 0 saturated heterocycles. The van der Waals surface area contributed by atoms with Crippen LogP contribution in [0.15, 0.2) is 47.5 Å². The van der Waals surface area contributed by atoms with Crippen LogP contribution in [0.1, 0.15) is 30.4 Å². The van der Waals surface area contributed by atoms with Gasteiger partial charge in [0.2, 0.25) is 5.91 Å². The second-order valence-corrected chi connectivity index (χ2v) is 6.76. The lowest BCUT2D eigenvalue weighted by Gasteiger charge is -2.26. The third-order valence-corrected chi connectivity index (χ3v) is 4.83. The van der Waals surface area contributed by atoms with Gasteiger partial charge in [-0.05, 0) is 36.2 Å². The van der Waals surface area contributed by atoms with Gasteiger partial charge in [-0.15, -0.1) is 0 Å². The van der Waals surface area contributed by atoms with E-state index in [9.17, 15) is 4.79 Å². The topological polar surface area (TPSA) is 84.0 Å². The highest BCUT2D eigenvalue weighted by atomic mass is 16.5. The zero-order valence-corrected chi connectivity index (χ0v) is 17.1. The fourth-order valence-electron chi connectivity index (χ4n) is 3.41. The molecule has 1 heterocycles. The molecule has 0 spiro atoms. The number of guanidine groups is 1. The number of fused-ring (bicyclic) bond motifs is 1. The zero-order valence-electron chi connectivity index (χ0n) is 17.1. The lowest BCUT2D eigenvalue weighted by molar-refractivity contribution is -0.116. The van der Waals surface area contributed by atoms with E-state index in [2.05, 4.69) is 27.0 Å². The predicted octanol–water partition coefficient (Wildman–Crippen LogP) is 2.88. The normalized spacial score (nSPS) is 15.9. The Balaban J connectivity index is 1.59. The molecule has 7 heteroatoms. The Morgan fingerprint density at radius 2 is 2.03 bits per heavy atom. The van der Waals surface area contributed by atoms with Crippen molar-refractivity contribution in [2.24, 2.45) is 4.99 Å². The van der Waals surface area contributed by atoms with Gasteiger partial charge in [0.15, 0.2) is 17.5 Å². The molecule has 0 radical (unpaired) electrons. The summed E-state index contributed by atoms with van der Waals surface area (Å²) < 4.78 is 11.0. The van der Waals surface area contributed by atoms with E-state index in [1.165, 1.54) is 0 Å². The number of nitrogens with zero attached hydrogens (tertiary/aromatic N) is 1. The first-order valence-corrected chi connectivity index (χ1v) is 9.77. The summed E-state index contributed by atoms with van der Waals surface area (Å²) in [5.74, 6) is 2.26. The molecule has 1 amide bonds. The number of carbonyl (C=O) groups excluding carboxylic acids is 1. The number of nitrogens with one attached hydrogen (secondary N) is 3. The highest BCUT2D eigenvalue weighted by Gasteiger charge is 2.24. The number of hydrogen-bond donors (Lipinski definition) is 3. The van der Waals surface area contributed by atoms with Gasteiger partial charge < -0.3 is 25.4 Å². The second kappa shape index (κ2) is 9.82. The van der Waals surface area contributed by atoms with E-state index in [0.717, 1.165) is 22.6 Å². The van der Waals surface area contributed by atoms with Gasteiger partial charge in [0.25, 0.3) is 0 Å². The number of amides is 1. The van der Waals surface area contributed by atoms with Crippen molar-refractivity contribution in [1.29, 1.82) is 0 Å². The minimum Gasteiger partial charge on any atom is -0.493 e. The lowest BCUT2D eigenvalue weighted by Crippen LogP contribution is -2.40. The summed E-state index contributed by atoms with van der Waals surface area (Å²) in [6, 6.07) is 13.8. The number of methoxy groups -OCH3 is 1. The summed E-state index contributed by atoms with van der Waals surface area (Å²) in [6.45, 7) is 3.74. The third-order valence-electron chi connectivity index (χ3n) is 4.83. The molecule has 1 aliphatic rings. The molecule has 0 fully saturated rings. The average Bonchev–Trinajstić information content (AvgIpc) is 2.74. The molecule has 0 aromatic heterocycles. The average molecular weight is 396 g/mol. The number of anilines is 1. The molecular weight excluding hydrogens is 368 g/mol. The van der Waals surface area contributed by atoms with Crippen LogP contribution in [-0.2, 0) is 11.3 Å². The smallest absolute Gasteiger partial charge is 0.225 e. The van der Waals surface area contributed by atoms with Crippen LogP contribution in [0.3, 0.4) is 0 Å². The van der Waals surface area contributed by atoms with E-state index in [4.69, 9.17) is 9.47 Å². The van der Waals surface area contributed by atoms with Crippen molar-refractivity contribution in [2.75, 3.05) is 32.6 Å². The van der Waals surface area contributed by atoms with Crippen molar-refractivity contribution >= 4 is 17.6 Å². The fourth-order valence-corrected chi connectivity index (χ4v) is 3.41. The highest BCUT2D eigenvalue weighted by molar-refractivity contribution is 5.94. The quantitative estimate of drug-likeness (QED) is 0.495. The van der Waals surface area contributed by atoms with Gasteiger partial charge >= 0.3 is 0 Å². The van der Waals surface area contributed by atoms with E-state index in [1.807, 2.05) is 43.3 Å². The van der Waals surface area contributed by atoms with Gasteiger partial charge in [-0.3, -0.25) is 9.79 Å². The fraction of sp³-hybridized carbons (Fsp3) is 0.364. The first-order valence-electron chi connectivity index (χ1n) is 9.77. The standard InChI is InChI=1S/C22H28N4O3/c1-4-29-19-10-9-15(11-20(19)28-3)13-24-22(23-2)25-14-16-12-21(27)26-18-8-6-5-7-17(16)18/h5-11,16H,4,12-14H2,1-3H3,(H,26,27)(H2,23,24,25). The van der Waals surface area contributed by atoms with E-state index in [0.29, 0.717) is 37.8 Å². The molecule has 0 saturated carbocycles. The molecule has 3 rings (SSSR count). The molecule has 29 heavy (non-hydrogen) atoms. The Bertz CT molecular complexity index is 882. The number of carbonyl (C=O) groups is 1. The van der Waals surface area contributed by atoms with Crippen molar-refractivity contribution in [3.05, 3.63) is 53.6 Å². The summed E-state index contributed by atoms with van der Waals surface area (Å²) in [5.41, 5.74) is 3.09. The zero-order chi connectivity index (χ0) is 20.6. The van der Waals surface area contributed by atoms with E-state index < -0.39 is 0 Å². The largest absolute Gasteiger partial charge is 0.493 e. The SMILES string of the molecule is CCOc1ccc(CNC(=NC)NCC2CC(=O)Nc3ccccc32)cc1OC. The summed E-state index contributed by atoms with van der Waals surface area (Å²) in [5, 5.41) is 9.57. The van der Waals surface area contributed by atoms with Gasteiger partial charge in [0.05, 0.1) is 13.7 Å². The van der Waals surface area contributed by atoms with Crippen molar-refractivity contribution < 1.29 is 14.3 Å². The van der Waals surface area contributed by atoms with Crippen LogP contribution < -0.4 is 25.4 Å². The number of ether oxygens (including phenoxy) is 2. The Morgan fingerprint density at radius 1 is 1.21 bits per heavy atom. The molecule has 7 nitrogen and oxygen atoms in total. The summed E-state index contributed by atoms with van der Waals surface area (Å²) in [7, 11) is 3.36. The van der Waals surface area contributed by atoms with E-state index >= 15 is 0 Å². The van der Waals surface area contributed by atoms with Crippen LogP contribution in [0.25, 0.3) is 0 Å². The minimum absolute atomic E-state index is 0.0416. The molecule has 1 aliphatic heterocycles. The maximum atomic E-state index is 12.0. The van der Waals surface area contributed by atoms with Crippen molar-refractivity contribution in [1.82, 2.24) is 10.6 Å². The number of benzene rings is 2. The van der Waals surface area contributed by atoms with Gasteiger partial charge in [0, 0.05) is 38.2 Å². The first kappa shape index (κ1) is 20.5. The molecule has 3 N–H and O–H groups in total. The third kappa shape index (κ3) is 5.19. The molecule has 2 aromatic rings. The van der Waals surface area contributed by atoms with Crippen LogP contribution >= 0.6 is 0 Å². The Kier molecular flexibility index (Phi) is 6.94. The minimum atomic E-state index is 0.0416. The highest BCUT2D eigenvalue weighted by Crippen LogP contribution is 2.31. The van der Waals surface area contributed by atoms with Crippen molar-refractivity contribution in [3.8, 4) is 11.5 Å². The second-order valence-electron chi connectivity index (χ2n) is 6.76. The summed E-state index contributed by atoms with van der Waals surface area (Å²) >= 11 is 0. The van der Waals surface area contributed by atoms with Crippen LogP contribution in [0, 0.1) is 0 Å². The van der Waals surface area contributed by atoms with Gasteiger partial charge in [-0.1, -0.05) is 24.3 Å². The Morgan fingerprint density at radius 3 is 2.79 bits per heavy atom. The number of para-hydroxylation sites is 1. The maximum Gasteiger partial charge on any atom is 0.225 e. The van der Waals surface area contributed by atoms with Crippen molar-refractivity contribution in [3.63, 3.8) is 0 Å². The van der Waals surface area contributed by atoms with Crippen LogP contribution in [0.4, 0.5) is 5.69 Å².